The number of rotatable bonds is 12. The SMILES string of the molecule is CCCNCCCCCCN(C)CCC(C)C. The molecular weight excluding hydrogens is 208 g/mol. The van der Waals surface area contributed by atoms with Gasteiger partial charge >= 0.3 is 0 Å². The molecule has 17 heavy (non-hydrogen) atoms. The van der Waals surface area contributed by atoms with Crippen molar-refractivity contribution in [2.24, 2.45) is 5.92 Å². The molecule has 0 radical (unpaired) electrons. The zero-order valence-electron chi connectivity index (χ0n) is 12.6. The number of nitrogens with one attached hydrogen (secondary N) is 1. The predicted octanol–water partition coefficient (Wildman–Crippen LogP) is 3.52. The predicted molar refractivity (Wildman–Crippen MR) is 78.6 cm³/mol. The Labute approximate surface area is 109 Å². The topological polar surface area (TPSA) is 15.3 Å². The molecule has 2 heteroatoms. The third kappa shape index (κ3) is 13.9. The summed E-state index contributed by atoms with van der Waals surface area (Å²) in [5, 5.41) is 3.46. The summed E-state index contributed by atoms with van der Waals surface area (Å²) >= 11 is 0. The molecule has 0 fully saturated rings. The molecule has 0 aromatic carbocycles. The van der Waals surface area contributed by atoms with Gasteiger partial charge in [0.1, 0.15) is 0 Å². The Morgan fingerprint density at radius 3 is 2.29 bits per heavy atom. The van der Waals surface area contributed by atoms with Crippen LogP contribution in [0.5, 0.6) is 0 Å². The first-order chi connectivity index (χ1) is 8.16. The van der Waals surface area contributed by atoms with E-state index in [9.17, 15) is 0 Å². The fourth-order valence-corrected chi connectivity index (χ4v) is 1.88. The van der Waals surface area contributed by atoms with Crippen LogP contribution in [0.3, 0.4) is 0 Å². The molecule has 0 aromatic rings. The van der Waals surface area contributed by atoms with Gasteiger partial charge in [0.15, 0.2) is 0 Å². The molecule has 2 nitrogen and oxygen atoms in total. The lowest BCUT2D eigenvalue weighted by Gasteiger charge is -2.17. The molecule has 0 aliphatic heterocycles. The standard InChI is InChI=1S/C15H34N2/c1-5-11-16-12-8-6-7-9-13-17(4)14-10-15(2)3/h15-16H,5-14H2,1-4H3. The molecule has 0 heterocycles. The van der Waals surface area contributed by atoms with Gasteiger partial charge in [-0.05, 0) is 64.8 Å². The van der Waals surface area contributed by atoms with Gasteiger partial charge in [0.25, 0.3) is 0 Å². The van der Waals surface area contributed by atoms with Crippen molar-refractivity contribution >= 4 is 0 Å². The highest BCUT2D eigenvalue weighted by molar-refractivity contribution is 4.55. The summed E-state index contributed by atoms with van der Waals surface area (Å²) in [7, 11) is 2.26. The molecule has 1 N–H and O–H groups in total. The average Bonchev–Trinajstić information content (AvgIpc) is 2.30. The largest absolute Gasteiger partial charge is 0.317 e. The molecular formula is C15H34N2. The highest BCUT2D eigenvalue weighted by Crippen LogP contribution is 2.04. The quantitative estimate of drug-likeness (QED) is 0.527. The Morgan fingerprint density at radius 2 is 1.65 bits per heavy atom. The van der Waals surface area contributed by atoms with Crippen LogP contribution in [0.1, 0.15) is 59.3 Å². The Balaban J connectivity index is 3.11. The summed E-state index contributed by atoms with van der Waals surface area (Å²) in [6.07, 6.45) is 8.06. The second-order valence-electron chi connectivity index (χ2n) is 5.65. The molecule has 0 bridgehead atoms. The lowest BCUT2D eigenvalue weighted by Crippen LogP contribution is -2.22. The fraction of sp³-hybridized carbons (Fsp3) is 1.00. The molecule has 0 unspecified atom stereocenters. The first-order valence-electron chi connectivity index (χ1n) is 7.56. The summed E-state index contributed by atoms with van der Waals surface area (Å²) in [6.45, 7) is 11.7. The van der Waals surface area contributed by atoms with Crippen molar-refractivity contribution in [3.05, 3.63) is 0 Å². The molecule has 0 rings (SSSR count). The van der Waals surface area contributed by atoms with Crippen LogP contribution in [0.2, 0.25) is 0 Å². The maximum atomic E-state index is 3.46. The monoisotopic (exact) mass is 242 g/mol. The lowest BCUT2D eigenvalue weighted by atomic mass is 10.1. The molecule has 0 aliphatic carbocycles. The van der Waals surface area contributed by atoms with Crippen molar-refractivity contribution in [3.8, 4) is 0 Å². The van der Waals surface area contributed by atoms with Crippen molar-refractivity contribution in [2.45, 2.75) is 59.3 Å². The maximum absolute atomic E-state index is 3.46. The Kier molecular flexibility index (Phi) is 12.3. The van der Waals surface area contributed by atoms with Crippen LogP contribution >= 0.6 is 0 Å². The van der Waals surface area contributed by atoms with Gasteiger partial charge in [-0.2, -0.15) is 0 Å². The number of hydrogen-bond donors (Lipinski definition) is 1. The van der Waals surface area contributed by atoms with Crippen molar-refractivity contribution in [2.75, 3.05) is 33.2 Å². The van der Waals surface area contributed by atoms with Crippen molar-refractivity contribution in [3.63, 3.8) is 0 Å². The summed E-state index contributed by atoms with van der Waals surface area (Å²) in [5.41, 5.74) is 0. The molecule has 0 atom stereocenters. The van der Waals surface area contributed by atoms with Gasteiger partial charge in [-0.1, -0.05) is 33.6 Å². The van der Waals surface area contributed by atoms with Crippen LogP contribution in [0.15, 0.2) is 0 Å². The van der Waals surface area contributed by atoms with Gasteiger partial charge in [0.2, 0.25) is 0 Å². The summed E-state index contributed by atoms with van der Waals surface area (Å²) in [5.74, 6) is 0.835. The zero-order chi connectivity index (χ0) is 12.9. The van der Waals surface area contributed by atoms with Crippen LogP contribution in [0, 0.1) is 5.92 Å². The number of unbranched alkanes of at least 4 members (excludes halogenated alkanes) is 3. The molecule has 0 aromatic heterocycles. The van der Waals surface area contributed by atoms with E-state index >= 15 is 0 Å². The van der Waals surface area contributed by atoms with Gasteiger partial charge in [-0.15, -0.1) is 0 Å². The zero-order valence-corrected chi connectivity index (χ0v) is 12.6. The summed E-state index contributed by atoms with van der Waals surface area (Å²) in [6, 6.07) is 0. The van der Waals surface area contributed by atoms with Crippen LogP contribution in [0.4, 0.5) is 0 Å². The van der Waals surface area contributed by atoms with Gasteiger partial charge in [0, 0.05) is 0 Å². The van der Waals surface area contributed by atoms with Crippen LogP contribution < -0.4 is 5.32 Å². The Morgan fingerprint density at radius 1 is 0.941 bits per heavy atom. The highest BCUT2D eigenvalue weighted by atomic mass is 15.1. The second kappa shape index (κ2) is 12.4. The average molecular weight is 242 g/mol. The Bertz CT molecular complexity index is 146. The van der Waals surface area contributed by atoms with E-state index in [4.69, 9.17) is 0 Å². The van der Waals surface area contributed by atoms with E-state index in [0.29, 0.717) is 0 Å². The molecule has 0 saturated heterocycles. The highest BCUT2D eigenvalue weighted by Gasteiger charge is 2.00. The van der Waals surface area contributed by atoms with Gasteiger partial charge in [-0.3, -0.25) is 0 Å². The Hall–Kier alpha value is -0.0800. The van der Waals surface area contributed by atoms with E-state index in [1.807, 2.05) is 0 Å². The summed E-state index contributed by atoms with van der Waals surface area (Å²) in [4.78, 5) is 2.48. The lowest BCUT2D eigenvalue weighted by molar-refractivity contribution is 0.302. The van der Waals surface area contributed by atoms with Crippen LogP contribution in [-0.2, 0) is 0 Å². The normalized spacial score (nSPS) is 11.6. The van der Waals surface area contributed by atoms with Crippen molar-refractivity contribution in [1.29, 1.82) is 0 Å². The van der Waals surface area contributed by atoms with Gasteiger partial charge < -0.3 is 10.2 Å². The van der Waals surface area contributed by atoms with E-state index < -0.39 is 0 Å². The molecule has 0 spiro atoms. The van der Waals surface area contributed by atoms with Crippen molar-refractivity contribution < 1.29 is 0 Å². The minimum Gasteiger partial charge on any atom is -0.317 e. The third-order valence-electron chi connectivity index (χ3n) is 3.16. The maximum Gasteiger partial charge on any atom is -0.00194 e. The molecule has 0 aliphatic rings. The summed E-state index contributed by atoms with van der Waals surface area (Å²) < 4.78 is 0. The van der Waals surface area contributed by atoms with E-state index in [1.165, 1.54) is 64.7 Å². The minimum absolute atomic E-state index is 0.835. The molecule has 0 amide bonds. The number of hydrogen-bond acceptors (Lipinski definition) is 2. The van der Waals surface area contributed by atoms with E-state index in [-0.39, 0.29) is 0 Å². The van der Waals surface area contributed by atoms with E-state index in [0.717, 1.165) is 5.92 Å². The minimum atomic E-state index is 0.835. The van der Waals surface area contributed by atoms with Crippen LogP contribution in [-0.4, -0.2) is 38.1 Å². The molecule has 0 saturated carbocycles. The van der Waals surface area contributed by atoms with Crippen LogP contribution in [0.25, 0.3) is 0 Å². The van der Waals surface area contributed by atoms with Crippen molar-refractivity contribution in [1.82, 2.24) is 10.2 Å². The van der Waals surface area contributed by atoms with E-state index in [1.54, 1.807) is 0 Å². The molecule has 104 valence electrons. The number of nitrogens with zero attached hydrogens (tertiary/aromatic N) is 1. The first-order valence-corrected chi connectivity index (χ1v) is 7.56. The van der Waals surface area contributed by atoms with Gasteiger partial charge in [0.05, 0.1) is 0 Å². The third-order valence-corrected chi connectivity index (χ3v) is 3.16. The second-order valence-corrected chi connectivity index (χ2v) is 5.65. The smallest absolute Gasteiger partial charge is 0.00194 e. The fourth-order valence-electron chi connectivity index (χ4n) is 1.88. The van der Waals surface area contributed by atoms with E-state index in [2.05, 4.69) is 38.0 Å². The van der Waals surface area contributed by atoms with Gasteiger partial charge in [-0.25, -0.2) is 0 Å². The first kappa shape index (κ1) is 16.9.